The molecule has 1 aromatic rings. The number of para-hydroxylation sites is 1. The van der Waals surface area contributed by atoms with Crippen LogP contribution in [-0.2, 0) is 0 Å². The summed E-state index contributed by atoms with van der Waals surface area (Å²) in [6.07, 6.45) is 3.71. The van der Waals surface area contributed by atoms with E-state index in [1.165, 1.54) is 0 Å². The summed E-state index contributed by atoms with van der Waals surface area (Å²) in [4.78, 5) is 4.62. The molecule has 0 saturated carbocycles. The highest BCUT2D eigenvalue weighted by Gasteiger charge is 2.63. The molecule has 3 rings (SSSR count). The molecule has 0 aromatic heterocycles. The second-order valence-electron chi connectivity index (χ2n) is 7.40. The Balaban J connectivity index is 2.12. The maximum atomic E-state index is 8.70. The van der Waals surface area contributed by atoms with Crippen LogP contribution < -0.4 is 9.47 Å². The van der Waals surface area contributed by atoms with Crippen LogP contribution in [0.2, 0.25) is 0 Å². The van der Waals surface area contributed by atoms with Crippen molar-refractivity contribution >= 4 is 11.9 Å². The van der Waals surface area contributed by atoms with Crippen molar-refractivity contribution in [3.8, 4) is 11.5 Å². The van der Waals surface area contributed by atoms with E-state index in [1.807, 2.05) is 18.2 Å². The molecule has 5 heteroatoms. The number of rotatable bonds is 1. The van der Waals surface area contributed by atoms with Gasteiger partial charge in [0.25, 0.3) is 5.72 Å². The van der Waals surface area contributed by atoms with Gasteiger partial charge >= 0.3 is 0 Å². The topological polar surface area (TPSA) is 57.0 Å². The highest BCUT2D eigenvalue weighted by atomic mass is 16.6. The largest absolute Gasteiger partial charge is 0.494 e. The number of piperidine rings is 1. The molecule has 0 bridgehead atoms. The molecule has 22 heavy (non-hydrogen) atoms. The second kappa shape index (κ2) is 4.70. The Labute approximate surface area is 131 Å². The molecule has 1 atom stereocenters. The zero-order valence-electron chi connectivity index (χ0n) is 13.9. The van der Waals surface area contributed by atoms with Crippen LogP contribution in [0, 0.1) is 5.41 Å². The molecule has 0 radical (unpaired) electrons. The second-order valence-corrected chi connectivity index (χ2v) is 7.40. The van der Waals surface area contributed by atoms with Gasteiger partial charge in [-0.2, -0.15) is 0 Å². The van der Waals surface area contributed by atoms with Crippen LogP contribution in [0.25, 0.3) is 0 Å². The zero-order chi connectivity index (χ0) is 16.2. The number of hydroxylamine groups is 2. The van der Waals surface area contributed by atoms with Gasteiger partial charge in [0.05, 0.1) is 18.9 Å². The van der Waals surface area contributed by atoms with Gasteiger partial charge in [-0.1, -0.05) is 19.9 Å². The van der Waals surface area contributed by atoms with Crippen LogP contribution in [-0.4, -0.2) is 34.9 Å². The quantitative estimate of drug-likeness (QED) is 0.749. The van der Waals surface area contributed by atoms with Gasteiger partial charge in [0.15, 0.2) is 5.75 Å². The molecule has 1 saturated heterocycles. The Hall–Kier alpha value is -1.59. The lowest BCUT2D eigenvalue weighted by Crippen LogP contribution is -2.71. The first-order valence-corrected chi connectivity index (χ1v) is 7.66. The predicted octanol–water partition coefficient (Wildman–Crippen LogP) is 3.03. The van der Waals surface area contributed by atoms with Crippen LogP contribution in [0.5, 0.6) is 11.5 Å². The Morgan fingerprint density at radius 3 is 2.64 bits per heavy atom. The van der Waals surface area contributed by atoms with Crippen molar-refractivity contribution in [1.82, 2.24) is 5.06 Å². The highest BCUT2D eigenvalue weighted by molar-refractivity contribution is 5.80. The fourth-order valence-electron chi connectivity index (χ4n) is 3.30. The number of hydrogen-bond acceptors (Lipinski definition) is 4. The Morgan fingerprint density at radius 1 is 1.23 bits per heavy atom. The summed E-state index contributed by atoms with van der Waals surface area (Å²) in [5.74, 6) is 1.36. The number of benzene rings is 1. The van der Waals surface area contributed by atoms with Gasteiger partial charge in [0.1, 0.15) is 11.4 Å². The van der Waals surface area contributed by atoms with E-state index >= 15 is 0 Å². The van der Waals surface area contributed by atoms with Crippen LogP contribution >= 0.6 is 0 Å². The van der Waals surface area contributed by atoms with Gasteiger partial charge in [-0.25, -0.2) is 4.99 Å². The summed E-state index contributed by atoms with van der Waals surface area (Å²) in [6, 6.07) is 5.65. The standard InChI is InChI=1S/C17H24N2O3/c1-15(2)9-10-16(3,4)19(20)17(15)11-18-14-12(21-5)7-6-8-13(14)22-17/h6-8,11,20H,9-10H2,1-5H3/p+1/t17-/m1/s1. The molecule has 5 nitrogen and oxygen atoms in total. The maximum absolute atomic E-state index is 8.70. The van der Waals surface area contributed by atoms with Gasteiger partial charge in [-0.05, 0) is 43.9 Å². The lowest BCUT2D eigenvalue weighted by atomic mass is 9.69. The molecule has 0 aliphatic carbocycles. The van der Waals surface area contributed by atoms with E-state index in [4.69, 9.17) is 14.7 Å². The maximum Gasteiger partial charge on any atom is 0.265 e. The monoisotopic (exact) mass is 305 g/mol. The number of nitrogens with zero attached hydrogens (tertiary/aromatic N) is 2. The van der Waals surface area contributed by atoms with E-state index in [0.717, 1.165) is 12.8 Å². The smallest absolute Gasteiger partial charge is 0.265 e. The Morgan fingerprint density at radius 2 is 1.95 bits per heavy atom. The number of aliphatic imine (C=N–C) groups is 1. The van der Waals surface area contributed by atoms with Crippen molar-refractivity contribution in [2.75, 3.05) is 7.11 Å². The summed E-state index contributed by atoms with van der Waals surface area (Å²) in [7, 11) is 1.62. The number of ether oxygens (including phenoxy) is 2. The molecule has 0 amide bonds. The molecule has 2 N–H and O–H groups in total. The van der Waals surface area contributed by atoms with Crippen molar-refractivity contribution in [3.63, 3.8) is 0 Å². The van der Waals surface area contributed by atoms with Crippen molar-refractivity contribution in [2.24, 2.45) is 10.4 Å². The van der Waals surface area contributed by atoms with Gasteiger partial charge in [-0.15, -0.1) is 0 Å². The molecule has 120 valence electrons. The van der Waals surface area contributed by atoms with E-state index in [-0.39, 0.29) is 11.0 Å². The van der Waals surface area contributed by atoms with Gasteiger partial charge < -0.3 is 14.7 Å². The van der Waals surface area contributed by atoms with Crippen LogP contribution in [0.4, 0.5) is 5.69 Å². The molecule has 2 aliphatic heterocycles. The minimum atomic E-state index is -0.867. The predicted molar refractivity (Wildman–Crippen MR) is 87.1 cm³/mol. The van der Waals surface area contributed by atoms with Crippen molar-refractivity contribution in [3.05, 3.63) is 18.2 Å². The number of methoxy groups -OCH3 is 1. The van der Waals surface area contributed by atoms with E-state index in [9.17, 15) is 0 Å². The Kier molecular flexibility index (Phi) is 3.27. The van der Waals surface area contributed by atoms with Gasteiger partial charge in [0.2, 0.25) is 0 Å². The summed E-state index contributed by atoms with van der Waals surface area (Å²) in [5.41, 5.74) is -0.649. The number of hydrogen-bond donors (Lipinski definition) is 0. The first kappa shape index (κ1) is 15.3. The fourth-order valence-corrected chi connectivity index (χ4v) is 3.30. The van der Waals surface area contributed by atoms with Gasteiger partial charge in [0, 0.05) is 5.41 Å². The summed E-state index contributed by atoms with van der Waals surface area (Å²) < 4.78 is 11.7. The normalized spacial score (nSPS) is 29.0. The molecule has 1 spiro atoms. The van der Waals surface area contributed by atoms with Crippen molar-refractivity contribution < 1.29 is 14.7 Å². The minimum absolute atomic E-state index is 0.214. The zero-order valence-corrected chi connectivity index (χ0v) is 13.9. The lowest BCUT2D eigenvalue weighted by Gasteiger charge is -2.54. The fraction of sp³-hybridized carbons (Fsp3) is 0.588. The van der Waals surface area contributed by atoms with Crippen LogP contribution in [0.15, 0.2) is 23.2 Å². The third kappa shape index (κ3) is 1.96. The molecule has 0 unspecified atom stereocenters. The Bertz CT molecular complexity index is 624. The van der Waals surface area contributed by atoms with Crippen LogP contribution in [0.1, 0.15) is 40.5 Å². The molecular weight excluding hydrogens is 280 g/mol. The van der Waals surface area contributed by atoms with E-state index in [1.54, 1.807) is 18.4 Å². The SMILES string of the molecule is COc1cccc2c1N=C[C@]1(O2)N([OH2+])C(C)(C)CCC1(C)C. The third-order valence-corrected chi connectivity index (χ3v) is 5.09. The van der Waals surface area contributed by atoms with Crippen LogP contribution in [0.3, 0.4) is 0 Å². The van der Waals surface area contributed by atoms with Gasteiger partial charge in [-0.3, -0.25) is 0 Å². The first-order chi connectivity index (χ1) is 10.2. The summed E-state index contributed by atoms with van der Waals surface area (Å²) in [5, 5.41) is 10.3. The highest BCUT2D eigenvalue weighted by Crippen LogP contribution is 2.52. The van der Waals surface area contributed by atoms with E-state index in [2.05, 4.69) is 32.7 Å². The first-order valence-electron chi connectivity index (χ1n) is 7.66. The molecule has 1 fully saturated rings. The average molecular weight is 305 g/mol. The minimum Gasteiger partial charge on any atom is -0.494 e. The molecule has 2 heterocycles. The summed E-state index contributed by atoms with van der Waals surface area (Å²) >= 11 is 0. The molecule has 2 aliphatic rings. The van der Waals surface area contributed by atoms with E-state index < -0.39 is 5.72 Å². The van der Waals surface area contributed by atoms with Crippen molar-refractivity contribution in [2.45, 2.75) is 51.8 Å². The number of fused-ring (bicyclic) bond motifs is 1. The average Bonchev–Trinajstić information content (AvgIpc) is 2.49. The molecular formula is C17H25N2O3+. The molecule has 1 aromatic carbocycles. The lowest BCUT2D eigenvalue weighted by molar-refractivity contribution is -0.318. The van der Waals surface area contributed by atoms with E-state index in [0.29, 0.717) is 17.2 Å². The summed E-state index contributed by atoms with van der Waals surface area (Å²) in [6.45, 7) is 8.44. The van der Waals surface area contributed by atoms with Crippen molar-refractivity contribution in [1.29, 1.82) is 0 Å². The third-order valence-electron chi connectivity index (χ3n) is 5.09.